The van der Waals surface area contributed by atoms with Crippen LogP contribution in [0.1, 0.15) is 15.9 Å². The van der Waals surface area contributed by atoms with Crippen molar-refractivity contribution in [1.29, 1.82) is 0 Å². The van der Waals surface area contributed by atoms with E-state index in [1.54, 1.807) is 11.8 Å². The summed E-state index contributed by atoms with van der Waals surface area (Å²) in [6.45, 7) is 1.94. The average molecular weight is 374 g/mol. The Morgan fingerprint density at radius 2 is 1.85 bits per heavy atom. The van der Waals surface area contributed by atoms with Gasteiger partial charge in [0.1, 0.15) is 5.56 Å². The fraction of sp³-hybridized carbons (Fsp3) is 0.222. The van der Waals surface area contributed by atoms with Crippen molar-refractivity contribution in [2.45, 2.75) is 11.8 Å². The van der Waals surface area contributed by atoms with Crippen LogP contribution in [-0.4, -0.2) is 35.7 Å². The molecule has 2 aromatic carbocycles. The van der Waals surface area contributed by atoms with Crippen molar-refractivity contribution in [1.82, 2.24) is 5.32 Å². The van der Waals surface area contributed by atoms with Gasteiger partial charge in [-0.3, -0.25) is 14.9 Å². The number of nitro benzene ring substituents is 1. The summed E-state index contributed by atoms with van der Waals surface area (Å²) < 4.78 is 4.85. The molecule has 0 saturated heterocycles. The van der Waals surface area contributed by atoms with Gasteiger partial charge in [-0.15, -0.1) is 11.8 Å². The standard InChI is InChI=1S/C18H18N2O5S/c1-13-6-8-14(9-7-13)26-11-10-19-17(21)12-25-18(22)15-4-2-3-5-16(15)20(23)24/h2-9H,10-12H2,1H3,(H,19,21). The fourth-order valence-corrected chi connectivity index (χ4v) is 2.83. The van der Waals surface area contributed by atoms with Gasteiger partial charge in [0, 0.05) is 23.3 Å². The molecule has 0 aliphatic rings. The molecule has 26 heavy (non-hydrogen) atoms. The number of ether oxygens (including phenoxy) is 1. The normalized spacial score (nSPS) is 10.2. The van der Waals surface area contributed by atoms with Crippen LogP contribution >= 0.6 is 11.8 Å². The first-order valence-corrected chi connectivity index (χ1v) is 8.82. The smallest absolute Gasteiger partial charge is 0.345 e. The molecule has 1 N–H and O–H groups in total. The Morgan fingerprint density at radius 3 is 2.54 bits per heavy atom. The third-order valence-corrected chi connectivity index (χ3v) is 4.38. The van der Waals surface area contributed by atoms with E-state index in [9.17, 15) is 19.7 Å². The molecular weight excluding hydrogens is 356 g/mol. The van der Waals surface area contributed by atoms with E-state index >= 15 is 0 Å². The molecule has 8 heteroatoms. The maximum atomic E-state index is 11.9. The summed E-state index contributed by atoms with van der Waals surface area (Å²) in [6, 6.07) is 13.5. The second-order valence-corrected chi connectivity index (χ2v) is 6.53. The zero-order valence-corrected chi connectivity index (χ0v) is 15.0. The summed E-state index contributed by atoms with van der Waals surface area (Å²) in [7, 11) is 0. The molecule has 0 unspecified atom stereocenters. The Bertz CT molecular complexity index is 792. The Labute approximate surface area is 154 Å². The van der Waals surface area contributed by atoms with E-state index in [0.29, 0.717) is 12.3 Å². The van der Waals surface area contributed by atoms with E-state index in [0.717, 1.165) is 4.90 Å². The van der Waals surface area contributed by atoms with Gasteiger partial charge in [-0.1, -0.05) is 29.8 Å². The van der Waals surface area contributed by atoms with E-state index in [4.69, 9.17) is 4.74 Å². The molecule has 0 saturated carbocycles. The van der Waals surface area contributed by atoms with Crippen LogP contribution in [-0.2, 0) is 9.53 Å². The molecule has 0 aliphatic carbocycles. The van der Waals surface area contributed by atoms with E-state index in [2.05, 4.69) is 5.32 Å². The highest BCUT2D eigenvalue weighted by atomic mass is 32.2. The highest BCUT2D eigenvalue weighted by Gasteiger charge is 2.21. The fourth-order valence-electron chi connectivity index (χ4n) is 2.06. The van der Waals surface area contributed by atoms with Gasteiger partial charge in [0.25, 0.3) is 11.6 Å². The Kier molecular flexibility index (Phi) is 7.16. The molecule has 7 nitrogen and oxygen atoms in total. The lowest BCUT2D eigenvalue weighted by Gasteiger charge is -2.07. The molecule has 0 fully saturated rings. The predicted octanol–water partition coefficient (Wildman–Crippen LogP) is 2.97. The van der Waals surface area contributed by atoms with E-state index in [1.807, 2.05) is 31.2 Å². The molecule has 0 atom stereocenters. The number of aryl methyl sites for hydroxylation is 1. The first-order chi connectivity index (χ1) is 12.5. The van der Waals surface area contributed by atoms with Gasteiger partial charge in [0.05, 0.1) is 4.92 Å². The van der Waals surface area contributed by atoms with Crippen molar-refractivity contribution in [2.24, 2.45) is 0 Å². The largest absolute Gasteiger partial charge is 0.452 e. The quantitative estimate of drug-likeness (QED) is 0.251. The number of carbonyl (C=O) groups is 2. The van der Waals surface area contributed by atoms with Crippen LogP contribution in [0, 0.1) is 17.0 Å². The second-order valence-electron chi connectivity index (χ2n) is 5.36. The Balaban J connectivity index is 1.72. The Hall–Kier alpha value is -2.87. The number of para-hydroxylation sites is 1. The number of rotatable bonds is 8. The lowest BCUT2D eigenvalue weighted by atomic mass is 10.2. The molecule has 2 aromatic rings. The number of nitro groups is 1. The molecule has 136 valence electrons. The number of nitrogens with zero attached hydrogens (tertiary/aromatic N) is 1. The summed E-state index contributed by atoms with van der Waals surface area (Å²) in [6.07, 6.45) is 0. The van der Waals surface area contributed by atoms with Crippen LogP contribution < -0.4 is 5.32 Å². The van der Waals surface area contributed by atoms with Crippen LogP contribution in [0.5, 0.6) is 0 Å². The van der Waals surface area contributed by atoms with Gasteiger partial charge in [0.15, 0.2) is 6.61 Å². The van der Waals surface area contributed by atoms with E-state index in [-0.39, 0.29) is 11.3 Å². The van der Waals surface area contributed by atoms with Crippen molar-refractivity contribution in [2.75, 3.05) is 18.9 Å². The third-order valence-electron chi connectivity index (χ3n) is 3.37. The zero-order chi connectivity index (χ0) is 18.9. The summed E-state index contributed by atoms with van der Waals surface area (Å²) in [4.78, 5) is 35.0. The molecular formula is C18H18N2O5S. The number of thioether (sulfide) groups is 1. The summed E-state index contributed by atoms with van der Waals surface area (Å²) in [5, 5.41) is 13.5. The van der Waals surface area contributed by atoms with Crippen molar-refractivity contribution < 1.29 is 19.2 Å². The minimum atomic E-state index is -0.901. The van der Waals surface area contributed by atoms with E-state index < -0.39 is 23.4 Å². The van der Waals surface area contributed by atoms with Crippen LogP contribution in [0.3, 0.4) is 0 Å². The number of esters is 1. The molecule has 0 aliphatic heterocycles. The van der Waals surface area contributed by atoms with Gasteiger partial charge in [0.2, 0.25) is 0 Å². The van der Waals surface area contributed by atoms with Crippen LogP contribution in [0.4, 0.5) is 5.69 Å². The number of hydrogen-bond donors (Lipinski definition) is 1. The van der Waals surface area contributed by atoms with Gasteiger partial charge < -0.3 is 10.1 Å². The van der Waals surface area contributed by atoms with Crippen molar-refractivity contribution in [3.8, 4) is 0 Å². The third kappa shape index (κ3) is 5.89. The highest BCUT2D eigenvalue weighted by molar-refractivity contribution is 7.99. The number of carbonyl (C=O) groups excluding carboxylic acids is 2. The van der Waals surface area contributed by atoms with E-state index in [1.165, 1.54) is 29.8 Å². The minimum Gasteiger partial charge on any atom is -0.452 e. The molecule has 0 aromatic heterocycles. The first kappa shape index (κ1) is 19.5. The molecule has 0 heterocycles. The van der Waals surface area contributed by atoms with Crippen LogP contribution in [0.15, 0.2) is 53.4 Å². The van der Waals surface area contributed by atoms with Crippen molar-refractivity contribution >= 4 is 29.3 Å². The second kappa shape index (κ2) is 9.57. The lowest BCUT2D eigenvalue weighted by Crippen LogP contribution is -2.30. The number of hydrogen-bond acceptors (Lipinski definition) is 6. The number of amides is 1. The molecule has 0 bridgehead atoms. The maximum absolute atomic E-state index is 11.9. The van der Waals surface area contributed by atoms with Crippen LogP contribution in [0.2, 0.25) is 0 Å². The maximum Gasteiger partial charge on any atom is 0.345 e. The van der Waals surface area contributed by atoms with Gasteiger partial charge >= 0.3 is 5.97 Å². The van der Waals surface area contributed by atoms with Gasteiger partial charge in [-0.05, 0) is 25.1 Å². The summed E-state index contributed by atoms with van der Waals surface area (Å²) >= 11 is 1.60. The van der Waals surface area contributed by atoms with Gasteiger partial charge in [-0.25, -0.2) is 4.79 Å². The molecule has 1 amide bonds. The first-order valence-electron chi connectivity index (χ1n) is 7.84. The monoisotopic (exact) mass is 374 g/mol. The summed E-state index contributed by atoms with van der Waals surface area (Å²) in [5.74, 6) is -0.685. The molecule has 0 spiro atoms. The van der Waals surface area contributed by atoms with Crippen molar-refractivity contribution in [3.63, 3.8) is 0 Å². The topological polar surface area (TPSA) is 98.5 Å². The zero-order valence-electron chi connectivity index (χ0n) is 14.1. The molecule has 2 rings (SSSR count). The van der Waals surface area contributed by atoms with Crippen molar-refractivity contribution in [3.05, 3.63) is 69.8 Å². The molecule has 0 radical (unpaired) electrons. The number of benzene rings is 2. The van der Waals surface area contributed by atoms with Gasteiger partial charge in [-0.2, -0.15) is 0 Å². The minimum absolute atomic E-state index is 0.180. The number of nitrogens with one attached hydrogen (secondary N) is 1. The summed E-state index contributed by atoms with van der Waals surface area (Å²) in [5.41, 5.74) is 0.649. The predicted molar refractivity (Wildman–Crippen MR) is 98.3 cm³/mol. The van der Waals surface area contributed by atoms with Crippen LogP contribution in [0.25, 0.3) is 0 Å². The Morgan fingerprint density at radius 1 is 1.15 bits per heavy atom. The average Bonchev–Trinajstić information content (AvgIpc) is 2.64. The highest BCUT2D eigenvalue weighted by Crippen LogP contribution is 2.19. The lowest BCUT2D eigenvalue weighted by molar-refractivity contribution is -0.385. The SMILES string of the molecule is Cc1ccc(SCCNC(=O)COC(=O)c2ccccc2[N+](=O)[O-])cc1.